The fourth-order valence-electron chi connectivity index (χ4n) is 6.58. The molecular formula is C34H39BrN4O8. The number of nitrogens with zero attached hydrogens (tertiary/aromatic N) is 3. The van der Waals surface area contributed by atoms with Gasteiger partial charge in [-0.25, -0.2) is 19.6 Å². The quantitative estimate of drug-likeness (QED) is 0.244. The first kappa shape index (κ1) is 32.8. The van der Waals surface area contributed by atoms with Gasteiger partial charge < -0.3 is 33.9 Å². The number of benzene rings is 1. The molecule has 2 aliphatic carbocycles. The molecule has 2 aliphatic heterocycles. The smallest absolute Gasteiger partial charge is 0.408 e. The first-order chi connectivity index (χ1) is 22.6. The number of esters is 1. The number of alkyl carbamates (subject to hydrolysis) is 1. The summed E-state index contributed by atoms with van der Waals surface area (Å²) in [5, 5.41) is 3.42. The molecular weight excluding hydrogens is 672 g/mol. The predicted molar refractivity (Wildman–Crippen MR) is 177 cm³/mol. The number of nitrogens with one attached hydrogen (secondary N) is 1. The summed E-state index contributed by atoms with van der Waals surface area (Å²) in [5.41, 5.74) is 0.0128. The molecule has 2 amide bonds. The SMILES string of the molecule is C=CC1CC12N=C([C@@H]1C[C@@H](Oc3cc(OCC)nc4c(Br)c(OC)ccc34)CN1C(=O)[C@@H](NC(=O)OC1CCCC1)C(=C)C)OC2=O. The zero-order chi connectivity index (χ0) is 33.5. The third-order valence-electron chi connectivity index (χ3n) is 9.17. The molecule has 5 atom stereocenters. The highest BCUT2D eigenvalue weighted by Crippen LogP contribution is 2.52. The lowest BCUT2D eigenvalue weighted by molar-refractivity contribution is -0.137. The van der Waals surface area contributed by atoms with Gasteiger partial charge in [0.25, 0.3) is 0 Å². The maximum atomic E-state index is 14.2. The van der Waals surface area contributed by atoms with Crippen LogP contribution >= 0.6 is 15.9 Å². The van der Waals surface area contributed by atoms with Gasteiger partial charge in [-0.1, -0.05) is 12.7 Å². The van der Waals surface area contributed by atoms with Crippen LogP contribution in [0.2, 0.25) is 0 Å². The molecule has 13 heteroatoms. The maximum absolute atomic E-state index is 14.2. The van der Waals surface area contributed by atoms with E-state index in [2.05, 4.69) is 39.4 Å². The number of fused-ring (bicyclic) bond motifs is 1. The standard InChI is InChI=1S/C34H39BrN4O8/c1-6-19-16-34(19)32(41)47-30(38-34)23-14-21(17-39(23)31(40)28(18(3)4)37-33(42)46-20-10-8-9-11-20)45-25-15-26(44-7-2)36-29-22(25)12-13-24(43-5)27(29)35/h6,12-13,15,19-21,23,28H,1,3,7-11,14,16-17H2,2,4-5H3,(H,37,42)/t19?,21-,23+,28+,34?/m1/s1. The number of hydrogen-bond donors (Lipinski definition) is 1. The first-order valence-electron chi connectivity index (χ1n) is 15.9. The van der Waals surface area contributed by atoms with Crippen LogP contribution in [0.4, 0.5) is 4.79 Å². The Morgan fingerprint density at radius 3 is 2.68 bits per heavy atom. The molecule has 3 heterocycles. The van der Waals surface area contributed by atoms with Gasteiger partial charge in [-0.15, -0.1) is 6.58 Å². The van der Waals surface area contributed by atoms with Crippen molar-refractivity contribution < 1.29 is 38.1 Å². The van der Waals surface area contributed by atoms with E-state index in [1.165, 1.54) is 0 Å². The molecule has 1 N–H and O–H groups in total. The number of carbonyl (C=O) groups is 3. The molecule has 1 saturated heterocycles. The van der Waals surface area contributed by atoms with Crippen molar-refractivity contribution in [1.82, 2.24) is 15.2 Å². The van der Waals surface area contributed by atoms with Gasteiger partial charge in [0.1, 0.15) is 35.8 Å². The summed E-state index contributed by atoms with van der Waals surface area (Å²) in [6.07, 6.45) is 4.66. The summed E-state index contributed by atoms with van der Waals surface area (Å²) < 4.78 is 29.8. The van der Waals surface area contributed by atoms with Gasteiger partial charge in [0.15, 0.2) is 5.54 Å². The minimum Gasteiger partial charge on any atom is -0.495 e. The van der Waals surface area contributed by atoms with E-state index in [0.717, 1.165) is 25.7 Å². The number of aliphatic imine (C=N–C) groups is 1. The van der Waals surface area contributed by atoms with Crippen LogP contribution in [0.5, 0.6) is 17.4 Å². The summed E-state index contributed by atoms with van der Waals surface area (Å²) in [5.74, 6) is 0.578. The molecule has 47 heavy (non-hydrogen) atoms. The van der Waals surface area contributed by atoms with E-state index in [1.807, 2.05) is 13.0 Å². The van der Waals surface area contributed by atoms with Gasteiger partial charge >= 0.3 is 12.1 Å². The van der Waals surface area contributed by atoms with Crippen LogP contribution in [0.3, 0.4) is 0 Å². The van der Waals surface area contributed by atoms with Crippen molar-refractivity contribution >= 4 is 50.7 Å². The fourth-order valence-corrected chi connectivity index (χ4v) is 7.18. The molecule has 12 nitrogen and oxygen atoms in total. The molecule has 2 saturated carbocycles. The molecule has 3 fully saturated rings. The highest BCUT2D eigenvalue weighted by molar-refractivity contribution is 9.10. The van der Waals surface area contributed by atoms with E-state index in [4.69, 9.17) is 28.7 Å². The van der Waals surface area contributed by atoms with Crippen molar-refractivity contribution in [3.8, 4) is 17.4 Å². The van der Waals surface area contributed by atoms with Gasteiger partial charge in [-0.05, 0) is 79.6 Å². The van der Waals surface area contributed by atoms with Gasteiger partial charge in [0.2, 0.25) is 17.7 Å². The highest BCUT2D eigenvalue weighted by Gasteiger charge is 2.65. The topological polar surface area (TPSA) is 138 Å². The molecule has 1 spiro atoms. The molecule has 6 rings (SSSR count). The minimum atomic E-state index is -1.08. The summed E-state index contributed by atoms with van der Waals surface area (Å²) in [7, 11) is 1.57. The first-order valence-corrected chi connectivity index (χ1v) is 16.7. The number of hydrogen-bond acceptors (Lipinski definition) is 10. The zero-order valence-electron chi connectivity index (χ0n) is 26.8. The second kappa shape index (κ2) is 13.2. The van der Waals surface area contributed by atoms with Gasteiger partial charge in [0.05, 0.1) is 30.3 Å². The third kappa shape index (κ3) is 6.29. The van der Waals surface area contributed by atoms with Gasteiger partial charge in [-0.3, -0.25) is 4.79 Å². The summed E-state index contributed by atoms with van der Waals surface area (Å²) >= 11 is 3.59. The van der Waals surface area contributed by atoms with E-state index in [1.54, 1.807) is 37.1 Å². The molecule has 0 bridgehead atoms. The molecule has 4 aliphatic rings. The average molecular weight is 712 g/mol. The summed E-state index contributed by atoms with van der Waals surface area (Å²) in [6.45, 7) is 11.8. The molecule has 2 unspecified atom stereocenters. The Morgan fingerprint density at radius 1 is 1.26 bits per heavy atom. The highest BCUT2D eigenvalue weighted by atomic mass is 79.9. The number of ether oxygens (including phenoxy) is 5. The number of amides is 2. The average Bonchev–Trinajstić information content (AvgIpc) is 3.35. The van der Waals surface area contributed by atoms with Crippen molar-refractivity contribution in [2.75, 3.05) is 20.3 Å². The van der Waals surface area contributed by atoms with Crippen LogP contribution < -0.4 is 19.5 Å². The number of halogens is 1. The Morgan fingerprint density at radius 2 is 2.02 bits per heavy atom. The molecule has 0 radical (unpaired) electrons. The normalized spacial score (nSPS) is 25.7. The number of aromatic nitrogens is 1. The van der Waals surface area contributed by atoms with Crippen LogP contribution in [0, 0.1) is 5.92 Å². The van der Waals surface area contributed by atoms with E-state index in [0.29, 0.717) is 51.4 Å². The van der Waals surface area contributed by atoms with Crippen molar-refractivity contribution in [3.05, 3.63) is 47.5 Å². The van der Waals surface area contributed by atoms with Crippen molar-refractivity contribution in [3.63, 3.8) is 0 Å². The van der Waals surface area contributed by atoms with Crippen molar-refractivity contribution in [2.24, 2.45) is 10.9 Å². The second-order valence-corrected chi connectivity index (χ2v) is 13.2. The zero-order valence-corrected chi connectivity index (χ0v) is 28.3. The number of pyridine rings is 1. The Balaban J connectivity index is 1.31. The second-order valence-electron chi connectivity index (χ2n) is 12.4. The van der Waals surface area contributed by atoms with Crippen molar-refractivity contribution in [2.45, 2.75) is 82.2 Å². The Bertz CT molecular complexity index is 1660. The predicted octanol–water partition coefficient (Wildman–Crippen LogP) is 5.27. The lowest BCUT2D eigenvalue weighted by Crippen LogP contribution is -2.52. The third-order valence-corrected chi connectivity index (χ3v) is 9.93. The summed E-state index contributed by atoms with van der Waals surface area (Å²) in [4.78, 5) is 51.0. The monoisotopic (exact) mass is 710 g/mol. The molecule has 1 aromatic carbocycles. The van der Waals surface area contributed by atoms with Crippen LogP contribution in [0.1, 0.15) is 52.4 Å². The molecule has 2 aromatic rings. The summed E-state index contributed by atoms with van der Waals surface area (Å²) in [6, 6.07) is 3.55. The van der Waals surface area contributed by atoms with Crippen LogP contribution in [0.25, 0.3) is 10.9 Å². The Labute approximate surface area is 281 Å². The minimum absolute atomic E-state index is 0.117. The maximum Gasteiger partial charge on any atom is 0.408 e. The van der Waals surface area contributed by atoms with E-state index in [9.17, 15) is 14.4 Å². The van der Waals surface area contributed by atoms with Crippen LogP contribution in [0.15, 0.2) is 52.5 Å². The van der Waals surface area contributed by atoms with Crippen LogP contribution in [-0.2, 0) is 19.1 Å². The van der Waals surface area contributed by atoms with Gasteiger partial charge in [-0.2, -0.15) is 0 Å². The van der Waals surface area contributed by atoms with E-state index >= 15 is 0 Å². The molecule has 250 valence electrons. The van der Waals surface area contributed by atoms with Gasteiger partial charge in [0, 0.05) is 23.8 Å². The number of methoxy groups -OCH3 is 1. The molecule has 1 aromatic heterocycles. The lowest BCUT2D eigenvalue weighted by Gasteiger charge is -2.28. The number of carbonyl (C=O) groups excluding carboxylic acids is 3. The Kier molecular flexibility index (Phi) is 9.19. The lowest BCUT2D eigenvalue weighted by atomic mass is 10.1. The Hall–Kier alpha value is -4.13. The van der Waals surface area contributed by atoms with E-state index < -0.39 is 41.7 Å². The fraction of sp³-hybridized carbons (Fsp3) is 0.500. The number of likely N-dealkylation sites (tertiary alicyclic amines) is 1. The largest absolute Gasteiger partial charge is 0.495 e. The van der Waals surface area contributed by atoms with Crippen LogP contribution in [-0.4, -0.2) is 83.8 Å². The van der Waals surface area contributed by atoms with Crippen molar-refractivity contribution in [1.29, 1.82) is 0 Å². The van der Waals surface area contributed by atoms with E-state index in [-0.39, 0.29) is 30.9 Å². The number of rotatable bonds is 11. The number of cyclic esters (lactones) is 1.